The van der Waals surface area contributed by atoms with Crippen LogP contribution in [0.2, 0.25) is 5.02 Å². The molecule has 0 bridgehead atoms. The number of nitrogens with one attached hydrogen (secondary N) is 2. The molecule has 3 rings (SSSR count). The molecule has 2 aromatic carbocycles. The molecular formula is C21H19ClN2O6S2. The first kappa shape index (κ1) is 23.7. The largest absolute Gasteiger partial charge is 0.495 e. The summed E-state index contributed by atoms with van der Waals surface area (Å²) in [4.78, 5) is 25.3. The molecule has 0 aliphatic rings. The van der Waals surface area contributed by atoms with Crippen LogP contribution < -0.4 is 14.8 Å². The fourth-order valence-corrected chi connectivity index (χ4v) is 4.59. The Balaban J connectivity index is 1.61. The highest BCUT2D eigenvalue weighted by atomic mass is 35.5. The van der Waals surface area contributed by atoms with Gasteiger partial charge in [0.25, 0.3) is 5.91 Å². The Morgan fingerprint density at radius 3 is 2.62 bits per heavy atom. The zero-order valence-electron chi connectivity index (χ0n) is 16.8. The molecule has 1 aromatic heterocycles. The second kappa shape index (κ2) is 10.6. The smallest absolute Gasteiger partial charge is 0.338 e. The summed E-state index contributed by atoms with van der Waals surface area (Å²) in [6.07, 6.45) is 0. The van der Waals surface area contributed by atoms with Crippen LogP contribution in [0.4, 0.5) is 5.69 Å². The third kappa shape index (κ3) is 6.30. The molecule has 1 heterocycles. The molecule has 0 spiro atoms. The van der Waals surface area contributed by atoms with Crippen LogP contribution >= 0.6 is 22.9 Å². The topological polar surface area (TPSA) is 111 Å². The predicted molar refractivity (Wildman–Crippen MR) is 122 cm³/mol. The van der Waals surface area contributed by atoms with Crippen molar-refractivity contribution in [2.24, 2.45) is 0 Å². The number of amides is 1. The normalized spacial score (nSPS) is 11.1. The Bertz CT molecular complexity index is 1210. The number of hydrogen-bond acceptors (Lipinski definition) is 7. The number of esters is 1. The molecule has 168 valence electrons. The van der Waals surface area contributed by atoms with E-state index in [2.05, 4.69) is 10.0 Å². The number of methoxy groups -OCH3 is 1. The molecule has 0 fully saturated rings. The summed E-state index contributed by atoms with van der Waals surface area (Å²) in [5.41, 5.74) is 0.322. The summed E-state index contributed by atoms with van der Waals surface area (Å²) in [6.45, 7) is -0.441. The van der Waals surface area contributed by atoms with Crippen molar-refractivity contribution in [1.82, 2.24) is 4.72 Å². The highest BCUT2D eigenvalue weighted by molar-refractivity contribution is 7.89. The Morgan fingerprint density at radius 2 is 1.91 bits per heavy atom. The average Bonchev–Trinajstić information content (AvgIpc) is 3.30. The van der Waals surface area contributed by atoms with Crippen molar-refractivity contribution < 1.29 is 27.5 Å². The zero-order chi connectivity index (χ0) is 23.1. The van der Waals surface area contributed by atoms with Crippen molar-refractivity contribution in [2.45, 2.75) is 11.4 Å². The van der Waals surface area contributed by atoms with Crippen molar-refractivity contribution in [2.75, 3.05) is 19.0 Å². The quantitative estimate of drug-likeness (QED) is 0.439. The van der Waals surface area contributed by atoms with E-state index in [-0.39, 0.29) is 17.0 Å². The number of ether oxygens (including phenoxy) is 2. The first-order valence-corrected chi connectivity index (χ1v) is 11.9. The van der Waals surface area contributed by atoms with E-state index in [9.17, 15) is 18.0 Å². The molecule has 32 heavy (non-hydrogen) atoms. The highest BCUT2D eigenvalue weighted by Gasteiger charge is 2.18. The number of sulfonamides is 1. The molecule has 0 aliphatic heterocycles. The predicted octanol–water partition coefficient (Wildman–Crippen LogP) is 3.68. The van der Waals surface area contributed by atoms with Gasteiger partial charge in [-0.3, -0.25) is 4.79 Å². The van der Waals surface area contributed by atoms with Gasteiger partial charge in [0.2, 0.25) is 10.0 Å². The second-order valence-electron chi connectivity index (χ2n) is 6.40. The number of benzene rings is 2. The van der Waals surface area contributed by atoms with Gasteiger partial charge in [0, 0.05) is 16.4 Å². The van der Waals surface area contributed by atoms with Gasteiger partial charge in [0.05, 0.1) is 23.3 Å². The maximum Gasteiger partial charge on any atom is 0.338 e. The van der Waals surface area contributed by atoms with Gasteiger partial charge in [-0.25, -0.2) is 17.9 Å². The molecule has 2 N–H and O–H groups in total. The van der Waals surface area contributed by atoms with E-state index in [1.54, 1.807) is 12.1 Å². The third-order valence-electron chi connectivity index (χ3n) is 4.17. The minimum absolute atomic E-state index is 0.00265. The van der Waals surface area contributed by atoms with Gasteiger partial charge >= 0.3 is 5.97 Å². The lowest BCUT2D eigenvalue weighted by atomic mass is 10.2. The molecule has 0 aliphatic carbocycles. The molecular weight excluding hydrogens is 476 g/mol. The average molecular weight is 495 g/mol. The minimum atomic E-state index is -3.83. The lowest BCUT2D eigenvalue weighted by Gasteiger charge is -2.11. The number of carbonyl (C=O) groups excluding carboxylic acids is 2. The van der Waals surface area contributed by atoms with Gasteiger partial charge in [-0.1, -0.05) is 23.7 Å². The highest BCUT2D eigenvalue weighted by Crippen LogP contribution is 2.27. The first-order valence-electron chi connectivity index (χ1n) is 9.21. The molecule has 8 nitrogen and oxygen atoms in total. The van der Waals surface area contributed by atoms with Crippen molar-refractivity contribution >= 4 is 50.5 Å². The molecule has 0 radical (unpaired) electrons. The molecule has 11 heteroatoms. The summed E-state index contributed by atoms with van der Waals surface area (Å²) in [5.74, 6) is -1.06. The number of thiophene rings is 1. The Morgan fingerprint density at radius 1 is 1.09 bits per heavy atom. The van der Waals surface area contributed by atoms with E-state index in [1.807, 2.05) is 17.5 Å². The molecule has 0 unspecified atom stereocenters. The van der Waals surface area contributed by atoms with Crippen LogP contribution in [0, 0.1) is 0 Å². The van der Waals surface area contributed by atoms with Crippen molar-refractivity contribution in [3.05, 3.63) is 75.4 Å². The third-order valence-corrected chi connectivity index (χ3v) is 6.68. The SMILES string of the molecule is COc1ccc(Cl)cc1NC(=O)COC(=O)c1cccc(S(=O)(=O)NCc2cccs2)c1. The Labute approximate surface area is 194 Å². The van der Waals surface area contributed by atoms with Gasteiger partial charge in [-0.15, -0.1) is 11.3 Å². The number of carbonyl (C=O) groups is 2. The number of hydrogen-bond donors (Lipinski definition) is 2. The summed E-state index contributed by atoms with van der Waals surface area (Å²) in [7, 11) is -2.39. The molecule has 3 aromatic rings. The molecule has 0 saturated heterocycles. The standard InChI is InChI=1S/C21H19ClN2O6S2/c1-29-19-8-7-15(22)11-18(19)24-20(25)13-30-21(26)14-4-2-6-17(10-14)32(27,28)23-12-16-5-3-9-31-16/h2-11,23H,12-13H2,1H3,(H,24,25). The lowest BCUT2D eigenvalue weighted by Crippen LogP contribution is -2.23. The van der Waals surface area contributed by atoms with Crippen LogP contribution in [0.15, 0.2) is 64.9 Å². The van der Waals surface area contributed by atoms with Gasteiger partial charge in [0.1, 0.15) is 5.75 Å². The number of anilines is 1. The van der Waals surface area contributed by atoms with E-state index in [1.165, 1.54) is 48.8 Å². The molecule has 0 atom stereocenters. The van der Waals surface area contributed by atoms with Crippen molar-refractivity contribution in [1.29, 1.82) is 0 Å². The fourth-order valence-electron chi connectivity index (χ4n) is 2.63. The summed E-state index contributed by atoms with van der Waals surface area (Å²) >= 11 is 7.35. The van der Waals surface area contributed by atoms with Crippen molar-refractivity contribution in [3.63, 3.8) is 0 Å². The van der Waals surface area contributed by atoms with Gasteiger partial charge in [0.15, 0.2) is 6.61 Å². The van der Waals surface area contributed by atoms with Crippen LogP contribution in [0.5, 0.6) is 5.75 Å². The van der Waals surface area contributed by atoms with Crippen LogP contribution in [0.25, 0.3) is 0 Å². The summed E-state index contributed by atoms with van der Waals surface area (Å²) < 4.78 is 37.7. The number of halogens is 1. The summed E-state index contributed by atoms with van der Waals surface area (Å²) in [6, 6.07) is 13.7. The van der Waals surface area contributed by atoms with Crippen LogP contribution in [-0.2, 0) is 26.1 Å². The van der Waals surface area contributed by atoms with E-state index >= 15 is 0 Å². The van der Waals surface area contributed by atoms with Crippen LogP contribution in [-0.4, -0.2) is 34.0 Å². The summed E-state index contributed by atoms with van der Waals surface area (Å²) in [5, 5.41) is 4.78. The van der Waals surface area contributed by atoms with Crippen LogP contribution in [0.3, 0.4) is 0 Å². The van der Waals surface area contributed by atoms with Gasteiger partial charge in [-0.2, -0.15) is 0 Å². The fraction of sp³-hybridized carbons (Fsp3) is 0.143. The van der Waals surface area contributed by atoms with E-state index in [0.29, 0.717) is 16.5 Å². The molecule has 1 amide bonds. The Kier molecular flexibility index (Phi) is 7.86. The van der Waals surface area contributed by atoms with Gasteiger partial charge in [-0.05, 0) is 47.8 Å². The van der Waals surface area contributed by atoms with E-state index in [4.69, 9.17) is 21.1 Å². The van der Waals surface area contributed by atoms with Crippen molar-refractivity contribution in [3.8, 4) is 5.75 Å². The maximum atomic E-state index is 12.5. The van der Waals surface area contributed by atoms with Gasteiger partial charge < -0.3 is 14.8 Å². The Hall–Kier alpha value is -2.92. The number of rotatable bonds is 9. The maximum absolute atomic E-state index is 12.5. The minimum Gasteiger partial charge on any atom is -0.495 e. The lowest BCUT2D eigenvalue weighted by molar-refractivity contribution is -0.119. The second-order valence-corrected chi connectivity index (χ2v) is 9.64. The van der Waals surface area contributed by atoms with E-state index < -0.39 is 28.5 Å². The van der Waals surface area contributed by atoms with Crippen LogP contribution in [0.1, 0.15) is 15.2 Å². The monoisotopic (exact) mass is 494 g/mol. The first-order chi connectivity index (χ1) is 15.3. The molecule has 0 saturated carbocycles. The van der Waals surface area contributed by atoms with E-state index in [0.717, 1.165) is 4.88 Å². The zero-order valence-corrected chi connectivity index (χ0v) is 19.2.